The van der Waals surface area contributed by atoms with Crippen molar-refractivity contribution in [3.8, 4) is 0 Å². The summed E-state index contributed by atoms with van der Waals surface area (Å²) in [6.07, 6.45) is 3.30. The van der Waals surface area contributed by atoms with Crippen molar-refractivity contribution in [1.82, 2.24) is 14.7 Å². The Hall–Kier alpha value is -0.590. The van der Waals surface area contributed by atoms with Gasteiger partial charge in [0.15, 0.2) is 5.03 Å². The van der Waals surface area contributed by atoms with Gasteiger partial charge in [0.25, 0.3) is 10.0 Å². The maximum absolute atomic E-state index is 11.8. The number of aromatic amines is 1. The molecule has 0 radical (unpaired) electrons. The number of imidazole rings is 1. The molecule has 0 aliphatic heterocycles. The normalized spacial score (nSPS) is 14.2. The zero-order valence-electron chi connectivity index (χ0n) is 9.27. The topological polar surface area (TPSA) is 74.8 Å². The molecule has 16 heavy (non-hydrogen) atoms. The smallest absolute Gasteiger partial charge is 0.257 e. The minimum Gasteiger partial charge on any atom is -0.335 e. The first kappa shape index (κ1) is 13.5. The number of nitrogens with one attached hydrogen (secondary N) is 2. The predicted molar refractivity (Wildman–Crippen MR) is 62.9 cm³/mol. The van der Waals surface area contributed by atoms with Gasteiger partial charge in [-0.2, -0.15) is 0 Å². The molecule has 0 fully saturated rings. The fraction of sp³-hybridized carbons (Fsp3) is 0.667. The van der Waals surface area contributed by atoms with Gasteiger partial charge in [0.2, 0.25) is 0 Å². The first-order chi connectivity index (χ1) is 7.45. The quantitative estimate of drug-likeness (QED) is 0.763. The van der Waals surface area contributed by atoms with Gasteiger partial charge in [-0.05, 0) is 12.3 Å². The Balaban J connectivity index is 2.71. The molecule has 92 valence electrons. The first-order valence-corrected chi connectivity index (χ1v) is 7.04. The van der Waals surface area contributed by atoms with Crippen LogP contribution in [0, 0.1) is 5.92 Å². The van der Waals surface area contributed by atoms with E-state index in [1.165, 1.54) is 12.5 Å². The lowest BCUT2D eigenvalue weighted by molar-refractivity contribution is 0.484. The number of aromatic nitrogens is 2. The van der Waals surface area contributed by atoms with E-state index in [0.29, 0.717) is 12.3 Å². The molecule has 0 aliphatic carbocycles. The van der Waals surface area contributed by atoms with Crippen LogP contribution >= 0.6 is 11.6 Å². The van der Waals surface area contributed by atoms with Crippen LogP contribution in [0.5, 0.6) is 0 Å². The molecule has 1 unspecified atom stereocenters. The van der Waals surface area contributed by atoms with Gasteiger partial charge in [0.1, 0.15) is 0 Å². The second kappa shape index (κ2) is 5.65. The van der Waals surface area contributed by atoms with Crippen molar-refractivity contribution in [1.29, 1.82) is 0 Å². The number of hydrogen-bond donors (Lipinski definition) is 2. The molecule has 1 heterocycles. The molecule has 5 nitrogen and oxygen atoms in total. The number of hydrogen-bond acceptors (Lipinski definition) is 3. The summed E-state index contributed by atoms with van der Waals surface area (Å²) in [6, 6.07) is -0.255. The van der Waals surface area contributed by atoms with Gasteiger partial charge in [-0.25, -0.2) is 18.1 Å². The molecule has 0 aromatic carbocycles. The van der Waals surface area contributed by atoms with E-state index >= 15 is 0 Å². The van der Waals surface area contributed by atoms with Crippen molar-refractivity contribution in [2.75, 3.05) is 5.88 Å². The Morgan fingerprint density at radius 3 is 2.69 bits per heavy atom. The van der Waals surface area contributed by atoms with Gasteiger partial charge < -0.3 is 4.98 Å². The monoisotopic (exact) mass is 265 g/mol. The molecule has 0 amide bonds. The lowest BCUT2D eigenvalue weighted by atomic mass is 10.1. The molecule has 0 saturated carbocycles. The molecular formula is C9H16ClN3O2S. The van der Waals surface area contributed by atoms with Crippen LogP contribution in [0.1, 0.15) is 20.3 Å². The summed E-state index contributed by atoms with van der Waals surface area (Å²) < 4.78 is 26.2. The van der Waals surface area contributed by atoms with Gasteiger partial charge in [-0.3, -0.25) is 0 Å². The molecule has 0 spiro atoms. The van der Waals surface area contributed by atoms with Crippen molar-refractivity contribution >= 4 is 21.6 Å². The summed E-state index contributed by atoms with van der Waals surface area (Å²) in [5, 5.41) is 0.0615. The highest BCUT2D eigenvalue weighted by Gasteiger charge is 2.21. The van der Waals surface area contributed by atoms with Crippen molar-refractivity contribution in [2.45, 2.75) is 31.3 Å². The SMILES string of the molecule is CC(C)CC(CCl)NS(=O)(=O)c1cnc[nH]1. The number of halogens is 1. The van der Waals surface area contributed by atoms with Crippen molar-refractivity contribution in [3.05, 3.63) is 12.5 Å². The Kier molecular flexibility index (Phi) is 4.76. The van der Waals surface area contributed by atoms with Crippen molar-refractivity contribution in [3.63, 3.8) is 0 Å². The van der Waals surface area contributed by atoms with Gasteiger partial charge in [-0.1, -0.05) is 13.8 Å². The highest BCUT2D eigenvalue weighted by atomic mass is 35.5. The van der Waals surface area contributed by atoms with E-state index in [9.17, 15) is 8.42 Å². The summed E-state index contributed by atoms with van der Waals surface area (Å²) in [6.45, 7) is 4.04. The number of nitrogens with zero attached hydrogens (tertiary/aromatic N) is 1. The fourth-order valence-corrected chi connectivity index (χ4v) is 2.83. The third-order valence-electron chi connectivity index (χ3n) is 2.03. The van der Waals surface area contributed by atoms with Gasteiger partial charge in [0.05, 0.1) is 12.5 Å². The van der Waals surface area contributed by atoms with Crippen LogP contribution in [0.15, 0.2) is 17.6 Å². The van der Waals surface area contributed by atoms with Crippen molar-refractivity contribution < 1.29 is 8.42 Å². The van der Waals surface area contributed by atoms with E-state index in [1.54, 1.807) is 0 Å². The van der Waals surface area contributed by atoms with Crippen LogP contribution in [0.3, 0.4) is 0 Å². The summed E-state index contributed by atoms with van der Waals surface area (Å²) in [5.74, 6) is 0.638. The highest BCUT2D eigenvalue weighted by molar-refractivity contribution is 7.89. The molecule has 2 N–H and O–H groups in total. The summed E-state index contributed by atoms with van der Waals surface area (Å²) >= 11 is 5.73. The number of alkyl halides is 1. The maximum Gasteiger partial charge on any atom is 0.257 e. The molecule has 1 aromatic rings. The molecule has 0 aliphatic rings. The van der Waals surface area contributed by atoms with Crippen LogP contribution in [-0.2, 0) is 10.0 Å². The molecule has 1 rings (SSSR count). The summed E-state index contributed by atoms with van der Waals surface area (Å²) in [5.41, 5.74) is 0. The van der Waals surface area contributed by atoms with E-state index in [4.69, 9.17) is 11.6 Å². The van der Waals surface area contributed by atoms with Gasteiger partial charge in [-0.15, -0.1) is 11.6 Å². The molecule has 0 bridgehead atoms. The fourth-order valence-electron chi connectivity index (χ4n) is 1.38. The Morgan fingerprint density at radius 2 is 2.25 bits per heavy atom. The summed E-state index contributed by atoms with van der Waals surface area (Å²) in [4.78, 5) is 6.23. The minimum absolute atomic E-state index is 0.0615. The molecule has 1 atom stereocenters. The van der Waals surface area contributed by atoms with E-state index < -0.39 is 10.0 Å². The van der Waals surface area contributed by atoms with E-state index in [1.807, 2.05) is 13.8 Å². The lowest BCUT2D eigenvalue weighted by Gasteiger charge is -2.17. The minimum atomic E-state index is -3.53. The zero-order valence-corrected chi connectivity index (χ0v) is 10.8. The number of rotatable bonds is 6. The third-order valence-corrected chi connectivity index (χ3v) is 3.85. The van der Waals surface area contributed by atoms with E-state index in [0.717, 1.165) is 0 Å². The molecule has 7 heteroatoms. The summed E-state index contributed by atoms with van der Waals surface area (Å²) in [7, 11) is -3.53. The molecular weight excluding hydrogens is 250 g/mol. The van der Waals surface area contributed by atoms with Crippen LogP contribution < -0.4 is 4.72 Å². The van der Waals surface area contributed by atoms with Crippen LogP contribution in [0.25, 0.3) is 0 Å². The first-order valence-electron chi connectivity index (χ1n) is 5.02. The van der Waals surface area contributed by atoms with Crippen LogP contribution in [0.2, 0.25) is 0 Å². The standard InChI is InChI=1S/C9H16ClN3O2S/c1-7(2)3-8(4-10)13-16(14,15)9-5-11-6-12-9/h5-8,13H,3-4H2,1-2H3,(H,11,12). The second-order valence-corrected chi connectivity index (χ2v) is 6.01. The van der Waals surface area contributed by atoms with Crippen molar-refractivity contribution in [2.24, 2.45) is 5.92 Å². The average Bonchev–Trinajstić information content (AvgIpc) is 2.68. The largest absolute Gasteiger partial charge is 0.335 e. The van der Waals surface area contributed by atoms with Gasteiger partial charge in [0, 0.05) is 11.9 Å². The highest BCUT2D eigenvalue weighted by Crippen LogP contribution is 2.10. The lowest BCUT2D eigenvalue weighted by Crippen LogP contribution is -2.37. The average molecular weight is 266 g/mol. The van der Waals surface area contributed by atoms with Crippen LogP contribution in [0.4, 0.5) is 0 Å². The Morgan fingerprint density at radius 1 is 1.56 bits per heavy atom. The van der Waals surface area contributed by atoms with Gasteiger partial charge >= 0.3 is 0 Å². The second-order valence-electron chi connectivity index (χ2n) is 4.02. The maximum atomic E-state index is 11.8. The third kappa shape index (κ3) is 3.77. The Labute approximate surface area is 101 Å². The predicted octanol–water partition coefficient (Wildman–Crippen LogP) is 1.34. The van der Waals surface area contributed by atoms with Crippen LogP contribution in [-0.4, -0.2) is 30.3 Å². The molecule has 0 saturated heterocycles. The van der Waals surface area contributed by atoms with E-state index in [-0.39, 0.29) is 16.9 Å². The Bertz CT molecular complexity index is 402. The number of H-pyrrole nitrogens is 1. The number of sulfonamides is 1. The zero-order chi connectivity index (χ0) is 12.2. The molecule has 1 aromatic heterocycles. The van der Waals surface area contributed by atoms with E-state index in [2.05, 4.69) is 14.7 Å².